The predicted molar refractivity (Wildman–Crippen MR) is 81.2 cm³/mol. The fourth-order valence-corrected chi connectivity index (χ4v) is 3.08. The molecule has 1 aliphatic heterocycles. The second-order valence-corrected chi connectivity index (χ2v) is 5.97. The summed E-state index contributed by atoms with van der Waals surface area (Å²) in [5.41, 5.74) is -0.258. The molecule has 0 bridgehead atoms. The summed E-state index contributed by atoms with van der Waals surface area (Å²) in [7, 11) is 0. The van der Waals surface area contributed by atoms with Crippen molar-refractivity contribution < 1.29 is 4.79 Å². The maximum Gasteiger partial charge on any atom is 0.243 e. The smallest absolute Gasteiger partial charge is 0.243 e. The van der Waals surface area contributed by atoms with Gasteiger partial charge in [-0.1, -0.05) is 33.6 Å². The molecule has 1 heterocycles. The van der Waals surface area contributed by atoms with Gasteiger partial charge in [0, 0.05) is 12.6 Å². The summed E-state index contributed by atoms with van der Waals surface area (Å²) in [4.78, 5) is 15.2. The first kappa shape index (κ1) is 16.5. The van der Waals surface area contributed by atoms with Gasteiger partial charge < -0.3 is 10.2 Å². The number of unbranched alkanes of at least 4 members (excludes halogenated alkanes) is 1. The van der Waals surface area contributed by atoms with E-state index in [0.29, 0.717) is 11.9 Å². The molecule has 0 radical (unpaired) electrons. The molecule has 3 nitrogen and oxygen atoms in total. The summed E-state index contributed by atoms with van der Waals surface area (Å²) in [5, 5.41) is 3.52. The average Bonchev–Trinajstić information content (AvgIpc) is 2.88. The molecule has 0 aromatic heterocycles. The van der Waals surface area contributed by atoms with Gasteiger partial charge in [0.1, 0.15) is 0 Å². The van der Waals surface area contributed by atoms with Gasteiger partial charge in [0.05, 0.1) is 5.54 Å². The van der Waals surface area contributed by atoms with Crippen molar-refractivity contribution in [2.45, 2.75) is 84.2 Å². The van der Waals surface area contributed by atoms with Gasteiger partial charge in [-0.15, -0.1) is 0 Å². The third-order valence-electron chi connectivity index (χ3n) is 4.47. The first-order chi connectivity index (χ1) is 9.11. The number of nitrogens with one attached hydrogen (secondary N) is 1. The van der Waals surface area contributed by atoms with Crippen molar-refractivity contribution >= 4 is 5.91 Å². The number of rotatable bonds is 8. The van der Waals surface area contributed by atoms with Crippen molar-refractivity contribution in [2.24, 2.45) is 0 Å². The highest BCUT2D eigenvalue weighted by Crippen LogP contribution is 2.28. The predicted octanol–water partition coefficient (Wildman–Crippen LogP) is 3.34. The molecule has 0 saturated carbocycles. The summed E-state index contributed by atoms with van der Waals surface area (Å²) in [6.07, 6.45) is 7.49. The molecule has 1 amide bonds. The Morgan fingerprint density at radius 1 is 1.32 bits per heavy atom. The Bertz CT molecular complexity index is 272. The van der Waals surface area contributed by atoms with Crippen LogP contribution in [0.2, 0.25) is 0 Å². The number of carbonyl (C=O) groups excluding carboxylic acids is 1. The van der Waals surface area contributed by atoms with Crippen LogP contribution in [0.4, 0.5) is 0 Å². The van der Waals surface area contributed by atoms with Crippen molar-refractivity contribution in [3.8, 4) is 0 Å². The van der Waals surface area contributed by atoms with Gasteiger partial charge in [-0.2, -0.15) is 0 Å². The van der Waals surface area contributed by atoms with Crippen LogP contribution in [0.3, 0.4) is 0 Å². The fraction of sp³-hybridized carbons (Fsp3) is 0.938. The van der Waals surface area contributed by atoms with E-state index in [1.54, 1.807) is 0 Å². The third-order valence-corrected chi connectivity index (χ3v) is 4.47. The van der Waals surface area contributed by atoms with Gasteiger partial charge >= 0.3 is 0 Å². The van der Waals surface area contributed by atoms with Gasteiger partial charge in [-0.25, -0.2) is 0 Å². The van der Waals surface area contributed by atoms with Gasteiger partial charge in [0.15, 0.2) is 0 Å². The zero-order chi connectivity index (χ0) is 14.3. The minimum atomic E-state index is -0.258. The fourth-order valence-electron chi connectivity index (χ4n) is 3.08. The molecule has 2 atom stereocenters. The van der Waals surface area contributed by atoms with E-state index < -0.39 is 0 Å². The number of nitrogens with zero attached hydrogens (tertiary/aromatic N) is 1. The van der Waals surface area contributed by atoms with Gasteiger partial charge in [0.25, 0.3) is 0 Å². The minimum Gasteiger partial charge on any atom is -0.338 e. The van der Waals surface area contributed by atoms with E-state index in [-0.39, 0.29) is 5.54 Å². The highest BCUT2D eigenvalue weighted by molar-refractivity contribution is 5.87. The lowest BCUT2D eigenvalue weighted by Crippen LogP contribution is -2.57. The van der Waals surface area contributed by atoms with E-state index in [1.165, 1.54) is 0 Å². The van der Waals surface area contributed by atoms with Gasteiger partial charge in [0.2, 0.25) is 5.91 Å². The van der Waals surface area contributed by atoms with E-state index in [2.05, 4.69) is 37.9 Å². The Morgan fingerprint density at radius 2 is 2.05 bits per heavy atom. The van der Waals surface area contributed by atoms with E-state index in [0.717, 1.165) is 58.0 Å². The summed E-state index contributed by atoms with van der Waals surface area (Å²) in [6.45, 7) is 10.6. The number of amides is 1. The van der Waals surface area contributed by atoms with Crippen LogP contribution in [0, 0.1) is 0 Å². The molecule has 1 aliphatic rings. The maximum absolute atomic E-state index is 13.0. The van der Waals surface area contributed by atoms with E-state index >= 15 is 0 Å². The molecular formula is C16H32N2O. The molecule has 1 N–H and O–H groups in total. The lowest BCUT2D eigenvalue weighted by molar-refractivity contribution is -0.140. The van der Waals surface area contributed by atoms with Crippen LogP contribution in [0.25, 0.3) is 0 Å². The molecule has 1 rings (SSSR count). The lowest BCUT2D eigenvalue weighted by Gasteiger charge is -2.38. The topological polar surface area (TPSA) is 32.3 Å². The summed E-state index contributed by atoms with van der Waals surface area (Å²) >= 11 is 0. The monoisotopic (exact) mass is 268 g/mol. The summed E-state index contributed by atoms with van der Waals surface area (Å²) in [5.74, 6) is 0.356. The highest BCUT2D eigenvalue weighted by Gasteiger charge is 2.43. The molecule has 3 heteroatoms. The van der Waals surface area contributed by atoms with E-state index in [4.69, 9.17) is 0 Å². The Hall–Kier alpha value is -0.570. The Morgan fingerprint density at radius 3 is 2.53 bits per heavy atom. The first-order valence-electron chi connectivity index (χ1n) is 8.17. The van der Waals surface area contributed by atoms with Crippen molar-refractivity contribution in [3.05, 3.63) is 0 Å². The van der Waals surface area contributed by atoms with Gasteiger partial charge in [-0.3, -0.25) is 4.79 Å². The zero-order valence-electron chi connectivity index (χ0n) is 13.3. The first-order valence-corrected chi connectivity index (χ1v) is 8.17. The maximum atomic E-state index is 13.0. The largest absolute Gasteiger partial charge is 0.338 e. The zero-order valence-corrected chi connectivity index (χ0v) is 13.3. The van der Waals surface area contributed by atoms with Crippen LogP contribution in [-0.2, 0) is 4.79 Å². The van der Waals surface area contributed by atoms with Crippen LogP contribution in [0.1, 0.15) is 72.6 Å². The van der Waals surface area contributed by atoms with Crippen molar-refractivity contribution in [1.82, 2.24) is 10.2 Å². The summed E-state index contributed by atoms with van der Waals surface area (Å²) in [6, 6.07) is 0.357. The average molecular weight is 268 g/mol. The van der Waals surface area contributed by atoms with Crippen LogP contribution >= 0.6 is 0 Å². The molecule has 0 aromatic carbocycles. The Kier molecular flexibility index (Phi) is 6.84. The van der Waals surface area contributed by atoms with Crippen molar-refractivity contribution in [1.29, 1.82) is 0 Å². The van der Waals surface area contributed by atoms with Crippen LogP contribution in [-0.4, -0.2) is 35.5 Å². The molecule has 1 fully saturated rings. The molecular weight excluding hydrogens is 236 g/mol. The molecule has 2 unspecified atom stereocenters. The molecule has 112 valence electrons. The number of hydrogen-bond donors (Lipinski definition) is 1. The van der Waals surface area contributed by atoms with Crippen molar-refractivity contribution in [3.63, 3.8) is 0 Å². The standard InChI is InChI=1S/C16H32N2O/c1-5-8-13-18(14(4)7-3)15(19)16(10-6-2)11-9-12-17-16/h14,17H,5-13H2,1-4H3. The highest BCUT2D eigenvalue weighted by atomic mass is 16.2. The lowest BCUT2D eigenvalue weighted by atomic mass is 9.89. The Balaban J connectivity index is 2.82. The quantitative estimate of drug-likeness (QED) is 0.732. The second kappa shape index (κ2) is 7.88. The molecule has 0 spiro atoms. The van der Waals surface area contributed by atoms with Crippen LogP contribution in [0.5, 0.6) is 0 Å². The summed E-state index contributed by atoms with van der Waals surface area (Å²) < 4.78 is 0. The molecule has 0 aromatic rings. The molecule has 0 aliphatic carbocycles. The van der Waals surface area contributed by atoms with E-state index in [9.17, 15) is 4.79 Å². The number of hydrogen-bond acceptors (Lipinski definition) is 2. The minimum absolute atomic E-state index is 0.258. The van der Waals surface area contributed by atoms with Gasteiger partial charge in [-0.05, 0) is 45.6 Å². The second-order valence-electron chi connectivity index (χ2n) is 5.97. The number of carbonyl (C=O) groups is 1. The molecule has 1 saturated heterocycles. The normalized spacial score (nSPS) is 24.4. The third kappa shape index (κ3) is 3.95. The molecule has 19 heavy (non-hydrogen) atoms. The van der Waals surface area contributed by atoms with Crippen LogP contribution in [0.15, 0.2) is 0 Å². The Labute approximate surface area is 119 Å². The van der Waals surface area contributed by atoms with Crippen LogP contribution < -0.4 is 5.32 Å². The van der Waals surface area contributed by atoms with E-state index in [1.807, 2.05) is 0 Å². The SMILES string of the molecule is CCCCN(C(=O)C1(CCC)CCCN1)C(C)CC. The van der Waals surface area contributed by atoms with Crippen molar-refractivity contribution in [2.75, 3.05) is 13.1 Å².